The Morgan fingerprint density at radius 3 is 3.06 bits per heavy atom. The molecule has 2 unspecified atom stereocenters. The van der Waals surface area contributed by atoms with Crippen molar-refractivity contribution in [2.24, 2.45) is 5.92 Å². The van der Waals surface area contributed by atoms with E-state index in [4.69, 9.17) is 0 Å². The Hall–Kier alpha value is -0.870. The van der Waals surface area contributed by atoms with Crippen LogP contribution in [0.25, 0.3) is 0 Å². The molecule has 0 saturated heterocycles. The molecule has 1 aromatic rings. The maximum atomic E-state index is 11.6. The molecule has 0 aromatic carbocycles. The Morgan fingerprint density at radius 1 is 1.56 bits per heavy atom. The highest BCUT2D eigenvalue weighted by Crippen LogP contribution is 2.24. The second-order valence-electron chi connectivity index (χ2n) is 4.32. The van der Waals surface area contributed by atoms with Gasteiger partial charge in [0.2, 0.25) is 5.91 Å². The van der Waals surface area contributed by atoms with Crippen LogP contribution in [0.5, 0.6) is 0 Å². The number of carbonyl (C=O) groups is 1. The molecule has 1 fully saturated rings. The van der Waals surface area contributed by atoms with Gasteiger partial charge in [-0.25, -0.2) is 0 Å². The summed E-state index contributed by atoms with van der Waals surface area (Å²) in [6.07, 6.45) is 3.22. The van der Waals surface area contributed by atoms with Crippen LogP contribution in [-0.4, -0.2) is 23.7 Å². The molecule has 1 saturated carbocycles. The van der Waals surface area contributed by atoms with Gasteiger partial charge in [-0.15, -0.1) is 11.3 Å². The van der Waals surface area contributed by atoms with Gasteiger partial charge in [0.25, 0.3) is 0 Å². The molecular formula is C12H17NO2S. The van der Waals surface area contributed by atoms with E-state index in [0.29, 0.717) is 13.0 Å². The van der Waals surface area contributed by atoms with Crippen molar-refractivity contribution in [1.29, 1.82) is 0 Å². The minimum Gasteiger partial charge on any atom is -0.393 e. The van der Waals surface area contributed by atoms with E-state index >= 15 is 0 Å². The maximum absolute atomic E-state index is 11.6. The lowest BCUT2D eigenvalue weighted by Gasteiger charge is -2.14. The fraction of sp³-hybridized carbons (Fsp3) is 0.583. The molecule has 0 radical (unpaired) electrons. The predicted octanol–water partition coefficient (Wildman–Crippen LogP) is 1.57. The molecule has 4 heteroatoms. The van der Waals surface area contributed by atoms with Gasteiger partial charge in [0.15, 0.2) is 0 Å². The number of aliphatic hydroxyl groups is 1. The zero-order valence-corrected chi connectivity index (χ0v) is 10.0. The highest BCUT2D eigenvalue weighted by atomic mass is 32.1. The molecule has 3 nitrogen and oxygen atoms in total. The number of aliphatic hydroxyl groups excluding tert-OH is 1. The van der Waals surface area contributed by atoms with Gasteiger partial charge in [-0.3, -0.25) is 4.79 Å². The summed E-state index contributed by atoms with van der Waals surface area (Å²) >= 11 is 1.60. The van der Waals surface area contributed by atoms with Crippen LogP contribution in [0, 0.1) is 5.92 Å². The summed E-state index contributed by atoms with van der Waals surface area (Å²) in [6.45, 7) is 0.616. The molecule has 1 heterocycles. The lowest BCUT2D eigenvalue weighted by molar-refractivity contribution is -0.120. The first-order valence-electron chi connectivity index (χ1n) is 5.73. The van der Waals surface area contributed by atoms with Gasteiger partial charge in [-0.2, -0.15) is 0 Å². The second-order valence-corrected chi connectivity index (χ2v) is 5.35. The van der Waals surface area contributed by atoms with E-state index in [9.17, 15) is 9.90 Å². The molecule has 16 heavy (non-hydrogen) atoms. The zero-order chi connectivity index (χ0) is 11.4. The molecule has 1 aliphatic carbocycles. The van der Waals surface area contributed by atoms with Gasteiger partial charge in [0, 0.05) is 17.3 Å². The first kappa shape index (κ1) is 11.6. The van der Waals surface area contributed by atoms with Gasteiger partial charge in [0.05, 0.1) is 12.5 Å². The Balaban J connectivity index is 1.71. The number of hydrogen-bond acceptors (Lipinski definition) is 3. The van der Waals surface area contributed by atoms with E-state index in [0.717, 1.165) is 24.1 Å². The minimum atomic E-state index is -0.220. The molecule has 1 aliphatic rings. The van der Waals surface area contributed by atoms with E-state index in [2.05, 4.69) is 5.32 Å². The Labute approximate surface area is 99.5 Å². The molecule has 2 rings (SSSR count). The monoisotopic (exact) mass is 239 g/mol. The van der Waals surface area contributed by atoms with Crippen molar-refractivity contribution < 1.29 is 9.90 Å². The van der Waals surface area contributed by atoms with Crippen LogP contribution >= 0.6 is 11.3 Å². The van der Waals surface area contributed by atoms with Crippen LogP contribution in [0.4, 0.5) is 0 Å². The highest BCUT2D eigenvalue weighted by molar-refractivity contribution is 7.10. The maximum Gasteiger partial charge on any atom is 0.225 e. The van der Waals surface area contributed by atoms with Crippen molar-refractivity contribution in [3.8, 4) is 0 Å². The van der Waals surface area contributed by atoms with E-state index in [1.807, 2.05) is 17.5 Å². The average Bonchev–Trinajstić information content (AvgIpc) is 2.87. The van der Waals surface area contributed by atoms with Crippen LogP contribution in [0.1, 0.15) is 24.1 Å². The Kier molecular flexibility index (Phi) is 3.96. The molecule has 0 aliphatic heterocycles. The van der Waals surface area contributed by atoms with Gasteiger partial charge in [-0.05, 0) is 24.3 Å². The fourth-order valence-corrected chi connectivity index (χ4v) is 2.84. The van der Waals surface area contributed by atoms with Gasteiger partial charge in [0.1, 0.15) is 0 Å². The van der Waals surface area contributed by atoms with Crippen molar-refractivity contribution in [1.82, 2.24) is 5.32 Å². The number of hydrogen-bond donors (Lipinski definition) is 2. The fourth-order valence-electron chi connectivity index (χ4n) is 2.13. The van der Waals surface area contributed by atoms with Crippen LogP contribution < -0.4 is 5.32 Å². The van der Waals surface area contributed by atoms with Crippen molar-refractivity contribution in [2.75, 3.05) is 6.54 Å². The van der Waals surface area contributed by atoms with Gasteiger partial charge in [-0.1, -0.05) is 12.5 Å². The van der Waals surface area contributed by atoms with Crippen molar-refractivity contribution in [2.45, 2.75) is 31.8 Å². The second kappa shape index (κ2) is 5.46. The molecule has 88 valence electrons. The van der Waals surface area contributed by atoms with Crippen LogP contribution in [-0.2, 0) is 11.2 Å². The van der Waals surface area contributed by atoms with Crippen LogP contribution in [0.2, 0.25) is 0 Å². The van der Waals surface area contributed by atoms with Crippen LogP contribution in [0.15, 0.2) is 17.5 Å². The number of rotatable bonds is 4. The number of nitrogens with one attached hydrogen (secondary N) is 1. The van der Waals surface area contributed by atoms with Crippen molar-refractivity contribution >= 4 is 17.2 Å². The highest BCUT2D eigenvalue weighted by Gasteiger charge is 2.25. The smallest absolute Gasteiger partial charge is 0.225 e. The summed E-state index contributed by atoms with van der Waals surface area (Å²) in [4.78, 5) is 12.7. The first-order chi connectivity index (χ1) is 7.75. The lowest BCUT2D eigenvalue weighted by atomic mass is 10.1. The third kappa shape index (κ3) is 3.06. The van der Waals surface area contributed by atoms with Crippen molar-refractivity contribution in [3.05, 3.63) is 22.4 Å². The number of amides is 1. The summed E-state index contributed by atoms with van der Waals surface area (Å²) in [6, 6.07) is 3.92. The average molecular weight is 239 g/mol. The molecule has 0 spiro atoms. The number of thiophene rings is 1. The summed E-state index contributed by atoms with van der Waals surface area (Å²) in [5, 5.41) is 14.5. The normalized spacial score (nSPS) is 24.6. The van der Waals surface area contributed by atoms with Gasteiger partial charge >= 0.3 is 0 Å². The number of carbonyl (C=O) groups excluding carboxylic acids is 1. The zero-order valence-electron chi connectivity index (χ0n) is 9.19. The minimum absolute atomic E-state index is 0.0570. The quantitative estimate of drug-likeness (QED) is 0.838. The predicted molar refractivity (Wildman–Crippen MR) is 64.4 cm³/mol. The molecular weight excluding hydrogens is 222 g/mol. The first-order valence-corrected chi connectivity index (χ1v) is 6.61. The van der Waals surface area contributed by atoms with E-state index in [-0.39, 0.29) is 17.9 Å². The molecule has 2 atom stereocenters. The van der Waals surface area contributed by atoms with Crippen LogP contribution in [0.3, 0.4) is 0 Å². The topological polar surface area (TPSA) is 49.3 Å². The molecule has 1 aromatic heterocycles. The molecule has 1 amide bonds. The van der Waals surface area contributed by atoms with E-state index < -0.39 is 0 Å². The summed E-state index contributed by atoms with van der Waals surface area (Å²) in [7, 11) is 0. The van der Waals surface area contributed by atoms with E-state index in [1.54, 1.807) is 11.3 Å². The Morgan fingerprint density at radius 2 is 2.44 bits per heavy atom. The third-order valence-corrected chi connectivity index (χ3v) is 3.97. The summed E-state index contributed by atoms with van der Waals surface area (Å²) in [5.41, 5.74) is 0. The van der Waals surface area contributed by atoms with Gasteiger partial charge < -0.3 is 10.4 Å². The largest absolute Gasteiger partial charge is 0.393 e. The lowest BCUT2D eigenvalue weighted by Crippen LogP contribution is -2.33. The summed E-state index contributed by atoms with van der Waals surface area (Å²) < 4.78 is 0. The standard InChI is InChI=1S/C12H17NO2S/c14-11-5-1-3-9(11)8-13-12(15)7-10-4-2-6-16-10/h2,4,6,9,11,14H,1,3,5,7-8H2,(H,13,15). The van der Waals surface area contributed by atoms with E-state index in [1.165, 1.54) is 0 Å². The Bertz CT molecular complexity index is 337. The SMILES string of the molecule is O=C(Cc1cccs1)NCC1CCCC1O. The van der Waals surface area contributed by atoms with Crippen molar-refractivity contribution in [3.63, 3.8) is 0 Å². The summed E-state index contributed by atoms with van der Waals surface area (Å²) in [5.74, 6) is 0.314. The molecule has 0 bridgehead atoms. The molecule has 2 N–H and O–H groups in total. The third-order valence-electron chi connectivity index (χ3n) is 3.10.